The molecule has 18 heavy (non-hydrogen) atoms. The number of ether oxygens (including phenoxy) is 1. The molecule has 0 aromatic heterocycles. The topological polar surface area (TPSA) is 21.3 Å². The molecule has 5 heteroatoms. The second-order valence-corrected chi connectivity index (χ2v) is 6.26. The summed E-state index contributed by atoms with van der Waals surface area (Å²) in [4.78, 5) is 0. The van der Waals surface area contributed by atoms with Crippen molar-refractivity contribution in [3.63, 3.8) is 0 Å². The van der Waals surface area contributed by atoms with E-state index in [0.29, 0.717) is 12.5 Å². The summed E-state index contributed by atoms with van der Waals surface area (Å²) < 4.78 is 40.8. The van der Waals surface area contributed by atoms with Crippen LogP contribution < -0.4 is 5.32 Å². The first kappa shape index (κ1) is 17.7. The average molecular weight is 269 g/mol. The maximum Gasteiger partial charge on any atom is 0.411 e. The molecule has 0 spiro atoms. The normalized spacial score (nSPS) is 15.2. The molecule has 0 aliphatic carbocycles. The number of rotatable bonds is 7. The van der Waals surface area contributed by atoms with Crippen molar-refractivity contribution in [2.24, 2.45) is 11.8 Å². The van der Waals surface area contributed by atoms with Gasteiger partial charge in [0.05, 0.1) is 6.61 Å². The minimum absolute atomic E-state index is 0.0285. The standard InChI is InChI=1S/C13H26F3NO/c1-10(2)6-11(7-17-12(3,4)5)8-18-9-13(14,15)16/h10-11,17H,6-9H2,1-5H3. The molecule has 0 radical (unpaired) electrons. The van der Waals surface area contributed by atoms with Crippen molar-refractivity contribution in [1.29, 1.82) is 0 Å². The Morgan fingerprint density at radius 3 is 2.06 bits per heavy atom. The molecule has 1 unspecified atom stereocenters. The summed E-state index contributed by atoms with van der Waals surface area (Å²) in [7, 11) is 0. The molecule has 0 aromatic rings. The second kappa shape index (κ2) is 7.34. The number of halogens is 3. The van der Waals surface area contributed by atoms with E-state index in [9.17, 15) is 13.2 Å². The van der Waals surface area contributed by atoms with E-state index in [1.54, 1.807) is 0 Å². The predicted octanol–water partition coefficient (Wildman–Crippen LogP) is 3.62. The maximum atomic E-state index is 12.0. The van der Waals surface area contributed by atoms with E-state index < -0.39 is 12.8 Å². The van der Waals surface area contributed by atoms with Gasteiger partial charge in [-0.2, -0.15) is 13.2 Å². The third-order valence-electron chi connectivity index (χ3n) is 2.35. The Balaban J connectivity index is 4.07. The number of nitrogens with one attached hydrogen (secondary N) is 1. The minimum Gasteiger partial charge on any atom is -0.372 e. The van der Waals surface area contributed by atoms with Gasteiger partial charge in [0.2, 0.25) is 0 Å². The number of alkyl halides is 3. The van der Waals surface area contributed by atoms with Crippen LogP contribution in [0, 0.1) is 11.8 Å². The Bertz CT molecular complexity index is 221. The molecular weight excluding hydrogens is 243 g/mol. The maximum absolute atomic E-state index is 12.0. The summed E-state index contributed by atoms with van der Waals surface area (Å²) >= 11 is 0. The number of hydrogen-bond donors (Lipinski definition) is 1. The van der Waals surface area contributed by atoms with E-state index >= 15 is 0 Å². The largest absolute Gasteiger partial charge is 0.411 e. The van der Waals surface area contributed by atoms with Crippen molar-refractivity contribution in [3.05, 3.63) is 0 Å². The highest BCUT2D eigenvalue weighted by Gasteiger charge is 2.28. The van der Waals surface area contributed by atoms with Crippen LogP contribution in [0.3, 0.4) is 0 Å². The van der Waals surface area contributed by atoms with Crippen LogP contribution in [0.2, 0.25) is 0 Å². The fourth-order valence-electron chi connectivity index (χ4n) is 1.67. The zero-order valence-corrected chi connectivity index (χ0v) is 12.0. The van der Waals surface area contributed by atoms with Crippen LogP contribution in [0.4, 0.5) is 13.2 Å². The van der Waals surface area contributed by atoms with Gasteiger partial charge in [-0.1, -0.05) is 13.8 Å². The zero-order chi connectivity index (χ0) is 14.4. The summed E-state index contributed by atoms with van der Waals surface area (Å²) in [5.74, 6) is 0.567. The molecule has 0 bridgehead atoms. The minimum atomic E-state index is -4.24. The lowest BCUT2D eigenvalue weighted by Gasteiger charge is -2.26. The zero-order valence-electron chi connectivity index (χ0n) is 12.0. The molecule has 1 atom stereocenters. The summed E-state index contributed by atoms with van der Waals surface area (Å²) in [6, 6.07) is 0. The number of hydrogen-bond acceptors (Lipinski definition) is 2. The van der Waals surface area contributed by atoms with Gasteiger partial charge in [-0.05, 0) is 39.0 Å². The fraction of sp³-hybridized carbons (Fsp3) is 1.00. The van der Waals surface area contributed by atoms with Crippen molar-refractivity contribution in [3.8, 4) is 0 Å². The molecule has 0 amide bonds. The molecule has 1 N–H and O–H groups in total. The lowest BCUT2D eigenvalue weighted by molar-refractivity contribution is -0.176. The quantitative estimate of drug-likeness (QED) is 0.762. The van der Waals surface area contributed by atoms with E-state index in [-0.39, 0.29) is 18.1 Å². The van der Waals surface area contributed by atoms with Crippen molar-refractivity contribution < 1.29 is 17.9 Å². The van der Waals surface area contributed by atoms with Crippen LogP contribution >= 0.6 is 0 Å². The Kier molecular flexibility index (Phi) is 7.22. The molecule has 0 aliphatic rings. The van der Waals surface area contributed by atoms with E-state index in [1.807, 2.05) is 20.8 Å². The smallest absolute Gasteiger partial charge is 0.372 e. The highest BCUT2D eigenvalue weighted by atomic mass is 19.4. The van der Waals surface area contributed by atoms with Crippen molar-refractivity contribution >= 4 is 0 Å². The first-order chi connectivity index (χ1) is 7.99. The third-order valence-corrected chi connectivity index (χ3v) is 2.35. The van der Waals surface area contributed by atoms with Gasteiger partial charge in [0.25, 0.3) is 0 Å². The van der Waals surface area contributed by atoms with Crippen LogP contribution in [0.25, 0.3) is 0 Å². The van der Waals surface area contributed by atoms with Gasteiger partial charge in [-0.15, -0.1) is 0 Å². The molecule has 0 heterocycles. The summed E-state index contributed by atoms with van der Waals surface area (Å²) in [5, 5.41) is 3.31. The Hall–Kier alpha value is -0.290. The van der Waals surface area contributed by atoms with E-state index in [2.05, 4.69) is 19.2 Å². The second-order valence-electron chi connectivity index (χ2n) is 6.26. The average Bonchev–Trinajstić information content (AvgIpc) is 2.09. The van der Waals surface area contributed by atoms with Crippen molar-refractivity contribution in [2.75, 3.05) is 19.8 Å². The van der Waals surface area contributed by atoms with Crippen LogP contribution in [-0.4, -0.2) is 31.5 Å². The molecule has 0 rings (SSSR count). The Morgan fingerprint density at radius 2 is 1.67 bits per heavy atom. The lowest BCUT2D eigenvalue weighted by atomic mass is 9.96. The van der Waals surface area contributed by atoms with Crippen molar-refractivity contribution in [1.82, 2.24) is 5.32 Å². The van der Waals surface area contributed by atoms with Gasteiger partial charge in [0, 0.05) is 12.1 Å². The first-order valence-corrected chi connectivity index (χ1v) is 6.39. The molecule has 2 nitrogen and oxygen atoms in total. The van der Waals surface area contributed by atoms with Gasteiger partial charge < -0.3 is 10.1 Å². The van der Waals surface area contributed by atoms with Gasteiger partial charge in [-0.3, -0.25) is 0 Å². The van der Waals surface area contributed by atoms with Crippen LogP contribution in [0.5, 0.6) is 0 Å². The van der Waals surface area contributed by atoms with Gasteiger partial charge in [0.15, 0.2) is 0 Å². The van der Waals surface area contributed by atoms with E-state index in [1.165, 1.54) is 0 Å². The predicted molar refractivity (Wildman–Crippen MR) is 67.6 cm³/mol. The van der Waals surface area contributed by atoms with E-state index in [0.717, 1.165) is 6.42 Å². The molecular formula is C13H26F3NO. The highest BCUT2D eigenvalue weighted by Crippen LogP contribution is 2.17. The van der Waals surface area contributed by atoms with Gasteiger partial charge in [0.1, 0.15) is 6.61 Å². The van der Waals surface area contributed by atoms with Crippen LogP contribution in [0.1, 0.15) is 41.0 Å². The Labute approximate surface area is 108 Å². The van der Waals surface area contributed by atoms with Gasteiger partial charge >= 0.3 is 6.18 Å². The molecule has 0 aliphatic heterocycles. The highest BCUT2D eigenvalue weighted by molar-refractivity contribution is 4.74. The summed E-state index contributed by atoms with van der Waals surface area (Å²) in [6.07, 6.45) is -3.37. The van der Waals surface area contributed by atoms with E-state index in [4.69, 9.17) is 4.74 Å². The van der Waals surface area contributed by atoms with Crippen LogP contribution in [0.15, 0.2) is 0 Å². The van der Waals surface area contributed by atoms with Crippen molar-refractivity contribution in [2.45, 2.75) is 52.8 Å². The fourth-order valence-corrected chi connectivity index (χ4v) is 1.67. The van der Waals surface area contributed by atoms with Crippen LogP contribution in [-0.2, 0) is 4.74 Å². The summed E-state index contributed by atoms with van der Waals surface area (Å²) in [6.45, 7) is 9.92. The Morgan fingerprint density at radius 1 is 1.11 bits per heavy atom. The SMILES string of the molecule is CC(C)CC(CNC(C)(C)C)COCC(F)(F)F. The molecule has 0 saturated carbocycles. The lowest BCUT2D eigenvalue weighted by Crippen LogP contribution is -2.40. The van der Waals surface area contributed by atoms with Gasteiger partial charge in [-0.25, -0.2) is 0 Å². The third kappa shape index (κ3) is 12.2. The molecule has 0 aromatic carbocycles. The summed E-state index contributed by atoms with van der Waals surface area (Å²) in [5.41, 5.74) is -0.0285. The monoisotopic (exact) mass is 269 g/mol. The molecule has 110 valence electrons. The first-order valence-electron chi connectivity index (χ1n) is 6.39. The molecule has 0 saturated heterocycles. The molecule has 0 fully saturated rings.